The first-order valence-electron chi connectivity index (χ1n) is 7.44. The summed E-state index contributed by atoms with van der Waals surface area (Å²) in [6.45, 7) is 0.280. The van der Waals surface area contributed by atoms with Crippen LogP contribution in [-0.4, -0.2) is 58.3 Å². The Hall–Kier alpha value is -2.35. The van der Waals surface area contributed by atoms with Crippen molar-refractivity contribution in [3.05, 3.63) is 35.9 Å². The van der Waals surface area contributed by atoms with Gasteiger partial charge in [-0.3, -0.25) is 24.1 Å². The Morgan fingerprint density at radius 3 is 2.58 bits per heavy atom. The molecule has 1 aromatic rings. The zero-order valence-corrected chi connectivity index (χ0v) is 13.8. The van der Waals surface area contributed by atoms with Gasteiger partial charge in [0.15, 0.2) is 0 Å². The fourth-order valence-electron chi connectivity index (χ4n) is 2.45. The van der Waals surface area contributed by atoms with Gasteiger partial charge in [0.25, 0.3) is 0 Å². The van der Waals surface area contributed by atoms with E-state index in [4.69, 9.17) is 5.11 Å². The number of nitrogens with zero attached hydrogens (tertiary/aromatic N) is 1. The highest BCUT2D eigenvalue weighted by Crippen LogP contribution is 2.28. The van der Waals surface area contributed by atoms with Gasteiger partial charge < -0.3 is 10.4 Å². The Labute approximate surface area is 143 Å². The van der Waals surface area contributed by atoms with Crippen molar-refractivity contribution in [3.8, 4) is 0 Å². The second-order valence-corrected chi connectivity index (χ2v) is 6.27. The number of hydrogen-bond donors (Lipinski definition) is 2. The normalized spacial score (nSPS) is 17.2. The molecule has 1 atom stereocenters. The lowest BCUT2D eigenvalue weighted by molar-refractivity contribution is -0.139. The minimum Gasteiger partial charge on any atom is -0.481 e. The molecule has 1 aliphatic rings. The number of carbonyl (C=O) groups excluding carboxylic acids is 3. The third-order valence-electron chi connectivity index (χ3n) is 3.56. The van der Waals surface area contributed by atoms with Crippen LogP contribution >= 0.6 is 11.8 Å². The molecular formula is C16H18N2O5S. The summed E-state index contributed by atoms with van der Waals surface area (Å²) in [7, 11) is 0. The maximum Gasteiger partial charge on any atom is 0.313 e. The van der Waals surface area contributed by atoms with Crippen LogP contribution in [-0.2, 0) is 19.2 Å². The number of imide groups is 1. The monoisotopic (exact) mass is 350 g/mol. The highest BCUT2D eigenvalue weighted by Gasteiger charge is 2.38. The van der Waals surface area contributed by atoms with Gasteiger partial charge in [0.05, 0.1) is 17.4 Å². The first-order chi connectivity index (χ1) is 11.5. The topological polar surface area (TPSA) is 104 Å². The number of carboxylic acids is 1. The molecule has 2 rings (SSSR count). The van der Waals surface area contributed by atoms with Gasteiger partial charge in [-0.05, 0) is 5.56 Å². The molecule has 8 heteroatoms. The van der Waals surface area contributed by atoms with E-state index in [1.807, 2.05) is 30.3 Å². The molecule has 24 heavy (non-hydrogen) atoms. The van der Waals surface area contributed by atoms with Gasteiger partial charge in [-0.2, -0.15) is 0 Å². The SMILES string of the molecule is O=C(O)CSCC(=O)NCCN1C(=O)CC(c2ccccc2)C1=O. The molecule has 128 valence electrons. The van der Waals surface area contributed by atoms with E-state index in [1.54, 1.807) is 0 Å². The summed E-state index contributed by atoms with van der Waals surface area (Å²) in [5.74, 6) is -2.37. The van der Waals surface area contributed by atoms with Gasteiger partial charge in [0.2, 0.25) is 17.7 Å². The molecule has 1 aliphatic heterocycles. The molecule has 1 aromatic carbocycles. The lowest BCUT2D eigenvalue weighted by Gasteiger charge is -2.15. The van der Waals surface area contributed by atoms with Crippen molar-refractivity contribution in [2.75, 3.05) is 24.6 Å². The van der Waals surface area contributed by atoms with Crippen molar-refractivity contribution in [1.29, 1.82) is 0 Å². The number of rotatable bonds is 8. The summed E-state index contributed by atoms with van der Waals surface area (Å²) in [4.78, 5) is 47.4. The lowest BCUT2D eigenvalue weighted by Crippen LogP contribution is -2.38. The third-order valence-corrected chi connectivity index (χ3v) is 4.48. The van der Waals surface area contributed by atoms with Gasteiger partial charge >= 0.3 is 5.97 Å². The number of carboxylic acid groups (broad SMARTS) is 1. The highest BCUT2D eigenvalue weighted by atomic mass is 32.2. The predicted octanol–water partition coefficient (Wildman–Crippen LogP) is 0.463. The molecule has 2 N–H and O–H groups in total. The zero-order valence-electron chi connectivity index (χ0n) is 12.9. The summed E-state index contributed by atoms with van der Waals surface area (Å²) in [6, 6.07) is 9.14. The number of aliphatic carboxylic acids is 1. The average molecular weight is 350 g/mol. The average Bonchev–Trinajstić information content (AvgIpc) is 2.83. The number of likely N-dealkylation sites (tertiary alicyclic amines) is 1. The molecule has 0 spiro atoms. The molecule has 1 saturated heterocycles. The Morgan fingerprint density at radius 2 is 1.92 bits per heavy atom. The minimum atomic E-state index is -0.979. The van der Waals surface area contributed by atoms with Gasteiger partial charge in [0.1, 0.15) is 0 Å². The second kappa shape index (κ2) is 8.49. The fourth-order valence-corrected chi connectivity index (χ4v) is 3.02. The van der Waals surface area contributed by atoms with Crippen molar-refractivity contribution in [1.82, 2.24) is 10.2 Å². The van der Waals surface area contributed by atoms with Crippen LogP contribution in [0, 0.1) is 0 Å². The number of nitrogens with one attached hydrogen (secondary N) is 1. The molecule has 0 bridgehead atoms. The number of amides is 3. The van der Waals surface area contributed by atoms with Crippen LogP contribution in [0.4, 0.5) is 0 Å². The van der Waals surface area contributed by atoms with E-state index < -0.39 is 11.9 Å². The van der Waals surface area contributed by atoms with Crippen molar-refractivity contribution in [2.45, 2.75) is 12.3 Å². The van der Waals surface area contributed by atoms with Gasteiger partial charge in [-0.1, -0.05) is 30.3 Å². The molecule has 3 amide bonds. The zero-order chi connectivity index (χ0) is 17.5. The van der Waals surface area contributed by atoms with E-state index in [2.05, 4.69) is 5.32 Å². The van der Waals surface area contributed by atoms with Crippen LogP contribution in [0.5, 0.6) is 0 Å². The van der Waals surface area contributed by atoms with E-state index in [0.717, 1.165) is 17.3 Å². The Bertz CT molecular complexity index is 635. The molecule has 7 nitrogen and oxygen atoms in total. The maximum absolute atomic E-state index is 12.4. The van der Waals surface area contributed by atoms with Crippen LogP contribution < -0.4 is 5.32 Å². The van der Waals surface area contributed by atoms with Crippen LogP contribution in [0.3, 0.4) is 0 Å². The number of thioether (sulfide) groups is 1. The van der Waals surface area contributed by atoms with Crippen LogP contribution in [0.25, 0.3) is 0 Å². The van der Waals surface area contributed by atoms with Crippen molar-refractivity contribution < 1.29 is 24.3 Å². The molecule has 1 unspecified atom stereocenters. The predicted molar refractivity (Wildman–Crippen MR) is 88.5 cm³/mol. The summed E-state index contributed by atoms with van der Waals surface area (Å²) < 4.78 is 0. The van der Waals surface area contributed by atoms with Crippen LogP contribution in [0.2, 0.25) is 0 Å². The summed E-state index contributed by atoms with van der Waals surface area (Å²) in [5.41, 5.74) is 0.812. The van der Waals surface area contributed by atoms with Crippen LogP contribution in [0.1, 0.15) is 17.9 Å². The van der Waals surface area contributed by atoms with E-state index in [1.165, 1.54) is 4.90 Å². The van der Waals surface area contributed by atoms with Crippen LogP contribution in [0.15, 0.2) is 30.3 Å². The van der Waals surface area contributed by atoms with E-state index >= 15 is 0 Å². The largest absolute Gasteiger partial charge is 0.481 e. The number of hydrogen-bond acceptors (Lipinski definition) is 5. The molecule has 0 radical (unpaired) electrons. The highest BCUT2D eigenvalue weighted by molar-refractivity contribution is 8.00. The molecule has 1 fully saturated rings. The summed E-state index contributed by atoms with van der Waals surface area (Å²) >= 11 is 0.992. The Kier molecular flexibility index (Phi) is 6.36. The summed E-state index contributed by atoms with van der Waals surface area (Å²) in [5, 5.41) is 11.1. The smallest absolute Gasteiger partial charge is 0.313 e. The quantitative estimate of drug-likeness (QED) is 0.660. The van der Waals surface area contributed by atoms with Crippen molar-refractivity contribution in [2.24, 2.45) is 0 Å². The van der Waals surface area contributed by atoms with E-state index in [0.29, 0.717) is 0 Å². The molecule has 0 aromatic heterocycles. The summed E-state index contributed by atoms with van der Waals surface area (Å²) in [6.07, 6.45) is 0.144. The van der Waals surface area contributed by atoms with Crippen molar-refractivity contribution >= 4 is 35.5 Å². The molecule has 0 aliphatic carbocycles. The van der Waals surface area contributed by atoms with Gasteiger partial charge in [0, 0.05) is 19.5 Å². The standard InChI is InChI=1S/C16H18N2O5S/c19-13(9-24-10-15(21)22)17-6-7-18-14(20)8-12(16(18)23)11-4-2-1-3-5-11/h1-5,12H,6-10H2,(H,17,19)(H,21,22). The molecule has 1 heterocycles. The first kappa shape index (κ1) is 18.0. The Balaban J connectivity index is 1.79. The first-order valence-corrected chi connectivity index (χ1v) is 8.60. The number of carbonyl (C=O) groups is 4. The second-order valence-electron chi connectivity index (χ2n) is 5.29. The fraction of sp³-hybridized carbons (Fsp3) is 0.375. The number of benzene rings is 1. The maximum atomic E-state index is 12.4. The molecule has 0 saturated carbocycles. The minimum absolute atomic E-state index is 0.0286. The van der Waals surface area contributed by atoms with Crippen molar-refractivity contribution in [3.63, 3.8) is 0 Å². The molecular weight excluding hydrogens is 332 g/mol. The lowest BCUT2D eigenvalue weighted by atomic mass is 9.98. The van der Waals surface area contributed by atoms with E-state index in [-0.39, 0.29) is 48.7 Å². The van der Waals surface area contributed by atoms with Gasteiger partial charge in [-0.15, -0.1) is 11.8 Å². The third kappa shape index (κ3) is 4.82. The Morgan fingerprint density at radius 1 is 1.21 bits per heavy atom. The van der Waals surface area contributed by atoms with E-state index in [9.17, 15) is 19.2 Å². The van der Waals surface area contributed by atoms with Gasteiger partial charge in [-0.25, -0.2) is 0 Å².